The van der Waals surface area contributed by atoms with E-state index in [4.69, 9.17) is 30.5 Å². The number of carbonyl (C=O) groups excluding carboxylic acids is 3. The fourth-order valence-corrected chi connectivity index (χ4v) is 6.18. The van der Waals surface area contributed by atoms with Crippen molar-refractivity contribution in [3.05, 3.63) is 52.5 Å². The van der Waals surface area contributed by atoms with Crippen LogP contribution in [0.1, 0.15) is 70.1 Å². The number of hydrogen-bond acceptors (Lipinski definition) is 8. The van der Waals surface area contributed by atoms with Gasteiger partial charge in [-0.2, -0.15) is 0 Å². The van der Waals surface area contributed by atoms with Gasteiger partial charge in [0.2, 0.25) is 5.91 Å². The van der Waals surface area contributed by atoms with E-state index in [-0.39, 0.29) is 50.2 Å². The summed E-state index contributed by atoms with van der Waals surface area (Å²) < 4.78 is 23.4. The molecule has 0 spiro atoms. The number of anilines is 1. The maximum atomic E-state index is 14.5. The summed E-state index contributed by atoms with van der Waals surface area (Å²) in [6.45, 7) is 6.56. The largest absolute Gasteiger partial charge is 0.493 e. The summed E-state index contributed by atoms with van der Waals surface area (Å²) in [5, 5.41) is 9.61. The number of esters is 1. The first-order chi connectivity index (χ1) is 21.9. The highest BCUT2D eigenvalue weighted by Gasteiger charge is 2.42. The first-order valence-corrected chi connectivity index (χ1v) is 15.9. The van der Waals surface area contributed by atoms with E-state index in [1.54, 1.807) is 47.1 Å². The van der Waals surface area contributed by atoms with E-state index in [0.29, 0.717) is 59.3 Å². The summed E-state index contributed by atoms with van der Waals surface area (Å²) in [5.41, 5.74) is 1.07. The molecular weight excluding hydrogens is 616 g/mol. The topological polar surface area (TPSA) is 132 Å². The molecule has 1 saturated heterocycles. The number of carbonyl (C=O) groups is 4. The first-order valence-electron chi connectivity index (χ1n) is 15.5. The Labute approximate surface area is 274 Å². The van der Waals surface area contributed by atoms with E-state index < -0.39 is 29.5 Å². The minimum Gasteiger partial charge on any atom is -0.493 e. The quantitative estimate of drug-likeness (QED) is 0.303. The number of aliphatic carboxylic acids is 1. The van der Waals surface area contributed by atoms with Gasteiger partial charge in [-0.05, 0) is 43.0 Å². The van der Waals surface area contributed by atoms with Crippen molar-refractivity contribution in [3.63, 3.8) is 0 Å². The molecule has 0 unspecified atom stereocenters. The Balaban J connectivity index is 1.74. The molecule has 2 atom stereocenters. The van der Waals surface area contributed by atoms with Gasteiger partial charge in [0.25, 0.3) is 5.91 Å². The van der Waals surface area contributed by atoms with Gasteiger partial charge in [-0.25, -0.2) is 0 Å². The van der Waals surface area contributed by atoms with Crippen molar-refractivity contribution in [1.29, 1.82) is 0 Å². The third-order valence-corrected chi connectivity index (χ3v) is 8.64. The van der Waals surface area contributed by atoms with E-state index in [9.17, 15) is 24.3 Å². The SMILES string of the molecule is CCC(=O)OCC(C)(C)CN1C(=O)[C@@H](CC(=O)N2CCC(CC(=O)O)CC2)O[C@H](c2cccc(OC)c2OC)c2cc(Cl)ccc21. The highest BCUT2D eigenvalue weighted by molar-refractivity contribution is 6.30. The minimum atomic E-state index is -1.19. The van der Waals surface area contributed by atoms with Gasteiger partial charge in [0.15, 0.2) is 11.5 Å². The molecule has 0 aromatic heterocycles. The summed E-state index contributed by atoms with van der Waals surface area (Å²) in [5.74, 6) is -0.990. The van der Waals surface area contributed by atoms with Crippen LogP contribution in [0, 0.1) is 11.3 Å². The molecule has 2 heterocycles. The monoisotopic (exact) mass is 658 g/mol. The molecule has 0 radical (unpaired) electrons. The first kappa shape index (κ1) is 35.0. The Hall–Kier alpha value is -3.83. The van der Waals surface area contributed by atoms with Crippen LogP contribution < -0.4 is 14.4 Å². The summed E-state index contributed by atoms with van der Waals surface area (Å²) in [4.78, 5) is 54.6. The predicted molar refractivity (Wildman–Crippen MR) is 171 cm³/mol. The fourth-order valence-electron chi connectivity index (χ4n) is 6.00. The zero-order valence-electron chi connectivity index (χ0n) is 27.0. The lowest BCUT2D eigenvalue weighted by Crippen LogP contribution is -2.48. The molecule has 1 N–H and O–H groups in total. The highest BCUT2D eigenvalue weighted by atomic mass is 35.5. The number of methoxy groups -OCH3 is 2. The smallest absolute Gasteiger partial charge is 0.305 e. The van der Waals surface area contributed by atoms with Gasteiger partial charge in [0.1, 0.15) is 12.2 Å². The second-order valence-corrected chi connectivity index (χ2v) is 13.0. The van der Waals surface area contributed by atoms with Crippen LogP contribution >= 0.6 is 11.6 Å². The molecule has 11 nitrogen and oxygen atoms in total. The Morgan fingerprint density at radius 3 is 2.39 bits per heavy atom. The van der Waals surface area contributed by atoms with Crippen LogP contribution in [0.25, 0.3) is 0 Å². The number of rotatable bonds is 12. The van der Waals surface area contributed by atoms with Crippen LogP contribution in [0.4, 0.5) is 5.69 Å². The highest BCUT2D eigenvalue weighted by Crippen LogP contribution is 2.45. The number of benzene rings is 2. The second kappa shape index (κ2) is 15.2. The molecule has 250 valence electrons. The van der Waals surface area contributed by atoms with E-state index in [0.717, 1.165) is 0 Å². The van der Waals surface area contributed by atoms with Gasteiger partial charge in [-0.1, -0.05) is 44.5 Å². The van der Waals surface area contributed by atoms with E-state index in [1.807, 2.05) is 19.9 Å². The molecule has 2 aliphatic rings. The zero-order valence-corrected chi connectivity index (χ0v) is 27.8. The fraction of sp³-hybridized carbons (Fsp3) is 0.529. The van der Waals surface area contributed by atoms with Crippen molar-refractivity contribution >= 4 is 41.0 Å². The summed E-state index contributed by atoms with van der Waals surface area (Å²) >= 11 is 6.53. The van der Waals surface area contributed by atoms with Crippen LogP contribution in [0.3, 0.4) is 0 Å². The molecule has 1 fully saturated rings. The summed E-state index contributed by atoms with van der Waals surface area (Å²) in [6, 6.07) is 10.5. The number of ether oxygens (including phenoxy) is 4. The molecule has 2 aromatic carbocycles. The van der Waals surface area contributed by atoms with Crippen molar-refractivity contribution in [3.8, 4) is 11.5 Å². The number of hydrogen-bond donors (Lipinski definition) is 1. The molecule has 46 heavy (non-hydrogen) atoms. The summed E-state index contributed by atoms with van der Waals surface area (Å²) in [7, 11) is 3.05. The minimum absolute atomic E-state index is 0.000924. The molecule has 2 aliphatic heterocycles. The Kier molecular flexibility index (Phi) is 11.6. The van der Waals surface area contributed by atoms with Crippen LogP contribution in [0.15, 0.2) is 36.4 Å². The van der Waals surface area contributed by atoms with Gasteiger partial charge < -0.3 is 33.9 Å². The van der Waals surface area contributed by atoms with Crippen molar-refractivity contribution in [2.24, 2.45) is 11.3 Å². The maximum absolute atomic E-state index is 14.5. The molecule has 0 saturated carbocycles. The number of para-hydroxylation sites is 1. The van der Waals surface area contributed by atoms with E-state index >= 15 is 0 Å². The third kappa shape index (κ3) is 8.30. The van der Waals surface area contributed by atoms with Crippen molar-refractivity contribution < 1.29 is 43.2 Å². The second-order valence-electron chi connectivity index (χ2n) is 12.5. The third-order valence-electron chi connectivity index (χ3n) is 8.41. The van der Waals surface area contributed by atoms with Crippen LogP contribution in [-0.2, 0) is 28.7 Å². The predicted octanol–water partition coefficient (Wildman–Crippen LogP) is 5.26. The summed E-state index contributed by atoms with van der Waals surface area (Å²) in [6.07, 6.45) is -0.845. The number of piperidine rings is 1. The van der Waals surface area contributed by atoms with E-state index in [1.165, 1.54) is 14.2 Å². The lowest BCUT2D eigenvalue weighted by molar-refractivity contribution is -0.147. The van der Waals surface area contributed by atoms with Crippen molar-refractivity contribution in [2.75, 3.05) is 45.4 Å². The van der Waals surface area contributed by atoms with Crippen LogP contribution in [0.5, 0.6) is 11.5 Å². The van der Waals surface area contributed by atoms with Gasteiger partial charge in [-0.15, -0.1) is 0 Å². The lowest BCUT2D eigenvalue weighted by Gasteiger charge is -2.34. The number of likely N-dealkylation sites (tertiary alicyclic amines) is 1. The maximum Gasteiger partial charge on any atom is 0.305 e. The number of amides is 2. The average Bonchev–Trinajstić information content (AvgIpc) is 3.13. The van der Waals surface area contributed by atoms with Crippen LogP contribution in [0.2, 0.25) is 5.02 Å². The number of carboxylic acid groups (broad SMARTS) is 1. The zero-order chi connectivity index (χ0) is 33.6. The molecular formula is C34H43ClN2O9. The van der Waals surface area contributed by atoms with Gasteiger partial charge in [0, 0.05) is 59.7 Å². The number of nitrogens with zero attached hydrogens (tertiary/aromatic N) is 2. The molecule has 0 bridgehead atoms. The molecule has 4 rings (SSSR count). The molecule has 0 aliphatic carbocycles. The molecule has 2 aromatic rings. The Morgan fingerprint density at radius 2 is 1.76 bits per heavy atom. The van der Waals surface area contributed by atoms with Gasteiger partial charge in [0.05, 0.1) is 27.2 Å². The number of halogens is 1. The Bertz CT molecular complexity index is 1440. The van der Waals surface area contributed by atoms with Crippen LogP contribution in [-0.4, -0.2) is 80.3 Å². The van der Waals surface area contributed by atoms with Gasteiger partial charge in [-0.3, -0.25) is 19.2 Å². The molecule has 2 amide bonds. The number of carboxylic acids is 1. The normalized spacial score (nSPS) is 18.9. The standard InChI is InChI=1S/C34H43ClN2O9/c1-6-30(41)45-20-34(2,3)19-37-25-11-10-22(35)17-24(25)31(23-8-7-9-26(43-4)32(23)44-5)46-27(33(37)42)18-28(38)36-14-12-21(13-15-36)16-29(39)40/h7-11,17,21,27,31H,6,12-16,18-20H2,1-5H3,(H,39,40)/t27-,31-/m1/s1. The van der Waals surface area contributed by atoms with E-state index in [2.05, 4.69) is 0 Å². The average molecular weight is 659 g/mol. The van der Waals surface area contributed by atoms with Crippen molar-refractivity contribution in [1.82, 2.24) is 4.90 Å². The lowest BCUT2D eigenvalue weighted by atomic mass is 9.92. The Morgan fingerprint density at radius 1 is 1.04 bits per heavy atom. The van der Waals surface area contributed by atoms with Crippen molar-refractivity contribution in [2.45, 2.75) is 65.1 Å². The molecule has 12 heteroatoms. The van der Waals surface area contributed by atoms with Gasteiger partial charge >= 0.3 is 11.9 Å². The number of fused-ring (bicyclic) bond motifs is 1.